The van der Waals surface area contributed by atoms with Gasteiger partial charge in [-0.1, -0.05) is 62.4 Å². The van der Waals surface area contributed by atoms with Crippen molar-refractivity contribution in [2.24, 2.45) is 5.41 Å². The van der Waals surface area contributed by atoms with Gasteiger partial charge in [0.15, 0.2) is 0 Å². The molecule has 32 heavy (non-hydrogen) atoms. The van der Waals surface area contributed by atoms with E-state index in [0.717, 1.165) is 18.8 Å². The average Bonchev–Trinajstić information content (AvgIpc) is 2.81. The second-order valence-corrected chi connectivity index (χ2v) is 8.57. The lowest BCUT2D eigenvalue weighted by Crippen LogP contribution is -2.51. The highest BCUT2D eigenvalue weighted by Crippen LogP contribution is 2.25. The first kappa shape index (κ1) is 25.4. The molecule has 174 valence electrons. The van der Waals surface area contributed by atoms with Gasteiger partial charge in [0.25, 0.3) is 6.47 Å². The van der Waals surface area contributed by atoms with Gasteiger partial charge in [-0.15, -0.1) is 0 Å². The summed E-state index contributed by atoms with van der Waals surface area (Å²) in [6, 6.07) is 20.4. The van der Waals surface area contributed by atoms with Crippen LogP contribution < -0.4 is 4.74 Å². The molecule has 1 aliphatic heterocycles. The second-order valence-electron chi connectivity index (χ2n) is 8.57. The Morgan fingerprint density at radius 1 is 1.03 bits per heavy atom. The zero-order valence-corrected chi connectivity index (χ0v) is 18.9. The van der Waals surface area contributed by atoms with Gasteiger partial charge in [0.1, 0.15) is 12.4 Å². The van der Waals surface area contributed by atoms with Crippen molar-refractivity contribution in [2.75, 3.05) is 39.4 Å². The standard InChI is InChI=1S/C24H32N2O3.CH2O2/c1-24(2,19-27)17-23(28)26-15-13-25(14-16-26)22(20-9-5-3-6-10-20)18-29-21-11-7-4-8-12-21;2-1-3/h3-12,22,27H,13-19H2,1-2H3;1H,(H,2,3). The molecule has 7 heteroatoms. The Morgan fingerprint density at radius 3 is 2.09 bits per heavy atom. The van der Waals surface area contributed by atoms with Crippen LogP contribution in [-0.2, 0) is 9.59 Å². The van der Waals surface area contributed by atoms with E-state index < -0.39 is 0 Å². The maximum absolute atomic E-state index is 12.6. The summed E-state index contributed by atoms with van der Waals surface area (Å²) in [5, 5.41) is 16.3. The Balaban J connectivity index is 0.00000114. The molecule has 1 unspecified atom stereocenters. The summed E-state index contributed by atoms with van der Waals surface area (Å²) in [5.41, 5.74) is 0.856. The van der Waals surface area contributed by atoms with Crippen LogP contribution in [0.1, 0.15) is 31.9 Å². The molecule has 1 fully saturated rings. The fourth-order valence-electron chi connectivity index (χ4n) is 3.64. The molecule has 1 heterocycles. The maximum Gasteiger partial charge on any atom is 0.290 e. The minimum absolute atomic E-state index is 0.0195. The third-order valence-electron chi connectivity index (χ3n) is 5.50. The fourth-order valence-corrected chi connectivity index (χ4v) is 3.64. The smallest absolute Gasteiger partial charge is 0.290 e. The van der Waals surface area contributed by atoms with Gasteiger partial charge in [0, 0.05) is 39.2 Å². The molecule has 1 aliphatic rings. The van der Waals surface area contributed by atoms with Crippen molar-refractivity contribution in [1.29, 1.82) is 0 Å². The normalized spacial score (nSPS) is 15.3. The van der Waals surface area contributed by atoms with Crippen molar-refractivity contribution in [1.82, 2.24) is 9.80 Å². The Labute approximate surface area is 190 Å². The third-order valence-corrected chi connectivity index (χ3v) is 5.50. The van der Waals surface area contributed by atoms with Crippen LogP contribution in [0.2, 0.25) is 0 Å². The average molecular weight is 443 g/mol. The number of nitrogens with zero attached hydrogens (tertiary/aromatic N) is 2. The summed E-state index contributed by atoms with van der Waals surface area (Å²) in [6.45, 7) is 7.21. The molecule has 2 aromatic rings. The number of carbonyl (C=O) groups is 2. The van der Waals surface area contributed by atoms with Gasteiger partial charge in [0.2, 0.25) is 5.91 Å². The topological polar surface area (TPSA) is 90.3 Å². The van der Waals surface area contributed by atoms with E-state index in [9.17, 15) is 9.90 Å². The minimum atomic E-state index is -0.371. The van der Waals surface area contributed by atoms with Gasteiger partial charge in [-0.05, 0) is 23.1 Å². The molecule has 0 radical (unpaired) electrons. The van der Waals surface area contributed by atoms with E-state index >= 15 is 0 Å². The van der Waals surface area contributed by atoms with Crippen molar-refractivity contribution in [3.63, 3.8) is 0 Å². The van der Waals surface area contributed by atoms with E-state index in [2.05, 4.69) is 29.2 Å². The minimum Gasteiger partial charge on any atom is -0.492 e. The van der Waals surface area contributed by atoms with Gasteiger partial charge in [-0.25, -0.2) is 0 Å². The first-order valence-electron chi connectivity index (χ1n) is 10.8. The quantitative estimate of drug-likeness (QED) is 0.611. The van der Waals surface area contributed by atoms with Crippen molar-refractivity contribution in [3.05, 3.63) is 66.2 Å². The number of rotatable bonds is 8. The Morgan fingerprint density at radius 2 is 1.56 bits per heavy atom. The molecular weight excluding hydrogens is 408 g/mol. The first-order chi connectivity index (χ1) is 15.4. The van der Waals surface area contributed by atoms with E-state index in [1.807, 2.05) is 55.1 Å². The SMILES string of the molecule is CC(C)(CO)CC(=O)N1CCN(C(COc2ccccc2)c2ccccc2)CC1.O=CO. The van der Waals surface area contributed by atoms with Crippen molar-refractivity contribution in [2.45, 2.75) is 26.3 Å². The van der Waals surface area contributed by atoms with Gasteiger partial charge in [0.05, 0.1) is 6.04 Å². The van der Waals surface area contributed by atoms with E-state index in [4.69, 9.17) is 14.6 Å². The maximum atomic E-state index is 12.6. The lowest BCUT2D eigenvalue weighted by atomic mass is 9.90. The predicted molar refractivity (Wildman–Crippen MR) is 123 cm³/mol. The van der Waals surface area contributed by atoms with Gasteiger partial charge < -0.3 is 19.8 Å². The Kier molecular flexibility index (Phi) is 10.2. The van der Waals surface area contributed by atoms with E-state index in [0.29, 0.717) is 26.1 Å². The molecule has 7 nitrogen and oxygen atoms in total. The number of carbonyl (C=O) groups excluding carboxylic acids is 1. The number of para-hydroxylation sites is 1. The summed E-state index contributed by atoms with van der Waals surface area (Å²) in [7, 11) is 0. The lowest BCUT2D eigenvalue weighted by Gasteiger charge is -2.40. The Bertz CT molecular complexity index is 806. The van der Waals surface area contributed by atoms with Gasteiger partial charge in [-0.3, -0.25) is 14.5 Å². The van der Waals surface area contributed by atoms with E-state index in [1.54, 1.807) is 0 Å². The van der Waals surface area contributed by atoms with Crippen molar-refractivity contribution >= 4 is 12.4 Å². The fraction of sp³-hybridized carbons (Fsp3) is 0.440. The number of aliphatic hydroxyl groups is 1. The molecule has 2 aromatic carbocycles. The number of hydrogen-bond donors (Lipinski definition) is 2. The number of carboxylic acid groups (broad SMARTS) is 1. The molecule has 3 rings (SSSR count). The van der Waals surface area contributed by atoms with Crippen LogP contribution in [-0.4, -0.2) is 71.8 Å². The van der Waals surface area contributed by atoms with Crippen molar-refractivity contribution < 1.29 is 24.5 Å². The zero-order chi connectivity index (χ0) is 23.4. The number of piperazine rings is 1. The molecular formula is C25H34N2O5. The zero-order valence-electron chi connectivity index (χ0n) is 18.9. The Hall–Kier alpha value is -2.90. The molecule has 0 spiro atoms. The summed E-state index contributed by atoms with van der Waals surface area (Å²) < 4.78 is 6.08. The highest BCUT2D eigenvalue weighted by Gasteiger charge is 2.30. The van der Waals surface area contributed by atoms with E-state index in [-0.39, 0.29) is 30.4 Å². The largest absolute Gasteiger partial charge is 0.492 e. The molecule has 2 N–H and O–H groups in total. The van der Waals surface area contributed by atoms with E-state index in [1.165, 1.54) is 5.56 Å². The van der Waals surface area contributed by atoms with Crippen LogP contribution in [0.4, 0.5) is 0 Å². The summed E-state index contributed by atoms with van der Waals surface area (Å²) >= 11 is 0. The van der Waals surface area contributed by atoms with Crippen LogP contribution >= 0.6 is 0 Å². The number of benzene rings is 2. The monoisotopic (exact) mass is 442 g/mol. The van der Waals surface area contributed by atoms with Crippen LogP contribution in [0.3, 0.4) is 0 Å². The lowest BCUT2D eigenvalue weighted by molar-refractivity contribution is -0.136. The molecule has 1 amide bonds. The number of amides is 1. The molecule has 0 saturated carbocycles. The first-order valence-corrected chi connectivity index (χ1v) is 10.8. The molecule has 1 atom stereocenters. The highest BCUT2D eigenvalue weighted by atomic mass is 16.5. The summed E-state index contributed by atoms with van der Waals surface area (Å²) in [4.78, 5) is 25.3. The van der Waals surface area contributed by atoms with Crippen LogP contribution in [0.25, 0.3) is 0 Å². The summed E-state index contributed by atoms with van der Waals surface area (Å²) in [6.07, 6.45) is 0.378. The van der Waals surface area contributed by atoms with Crippen LogP contribution in [0.15, 0.2) is 60.7 Å². The third kappa shape index (κ3) is 7.98. The second kappa shape index (κ2) is 12.8. The molecule has 0 aromatic heterocycles. The molecule has 0 bridgehead atoms. The highest BCUT2D eigenvalue weighted by molar-refractivity contribution is 5.77. The van der Waals surface area contributed by atoms with Crippen molar-refractivity contribution in [3.8, 4) is 5.75 Å². The molecule has 1 saturated heterocycles. The predicted octanol–water partition coefficient (Wildman–Crippen LogP) is 3.06. The van der Waals surface area contributed by atoms with Gasteiger partial charge in [-0.2, -0.15) is 0 Å². The van der Waals surface area contributed by atoms with Crippen LogP contribution in [0.5, 0.6) is 5.75 Å². The number of hydrogen-bond acceptors (Lipinski definition) is 5. The number of aliphatic hydroxyl groups excluding tert-OH is 1. The summed E-state index contributed by atoms with van der Waals surface area (Å²) in [5.74, 6) is 0.994. The van der Waals surface area contributed by atoms with Gasteiger partial charge >= 0.3 is 0 Å². The number of ether oxygens (including phenoxy) is 1. The molecule has 0 aliphatic carbocycles. The van der Waals surface area contributed by atoms with Crippen LogP contribution in [0, 0.1) is 5.41 Å².